The summed E-state index contributed by atoms with van der Waals surface area (Å²) in [6.45, 7) is 8.06. The van der Waals surface area contributed by atoms with Gasteiger partial charge in [0.2, 0.25) is 0 Å². The van der Waals surface area contributed by atoms with E-state index in [9.17, 15) is 9.59 Å². The smallest absolute Gasteiger partial charge is 0.336 e. The zero-order valence-corrected chi connectivity index (χ0v) is 17.9. The van der Waals surface area contributed by atoms with Crippen LogP contribution < -0.4 is 4.90 Å². The van der Waals surface area contributed by atoms with Gasteiger partial charge in [0.25, 0.3) is 0 Å². The summed E-state index contributed by atoms with van der Waals surface area (Å²) in [6, 6.07) is 11.8. The van der Waals surface area contributed by atoms with Gasteiger partial charge in [-0.1, -0.05) is 17.7 Å². The van der Waals surface area contributed by atoms with Crippen LogP contribution >= 0.6 is 11.3 Å². The summed E-state index contributed by atoms with van der Waals surface area (Å²) < 4.78 is 10.6. The molecular formula is C23H25NO4S. The Kier molecular flexibility index (Phi) is 6.54. The molecule has 2 aromatic rings. The minimum atomic E-state index is -0.520. The Balaban J connectivity index is 2.14. The SMILES string of the molecule is CCOC(=O)C1=CN(c2ccc(C)cc2)C=C(C(=O)OCC)C1c1ccc(C)s1. The predicted molar refractivity (Wildman–Crippen MR) is 115 cm³/mol. The standard InChI is InChI=1S/C23H25NO4S/c1-5-27-22(25)18-13-24(17-10-7-15(3)8-11-17)14-19(23(26)28-6-2)21(18)20-12-9-16(4)29-20/h7-14,21H,5-6H2,1-4H3. The Bertz CT molecular complexity index is 920. The van der Waals surface area contributed by atoms with Crippen LogP contribution in [0, 0.1) is 13.8 Å². The van der Waals surface area contributed by atoms with Gasteiger partial charge >= 0.3 is 11.9 Å². The lowest BCUT2D eigenvalue weighted by Gasteiger charge is -2.29. The van der Waals surface area contributed by atoms with Crippen LogP contribution in [0.4, 0.5) is 5.69 Å². The van der Waals surface area contributed by atoms with E-state index in [4.69, 9.17) is 9.47 Å². The van der Waals surface area contributed by atoms with Crippen molar-refractivity contribution in [3.05, 3.63) is 75.3 Å². The number of nitrogens with zero attached hydrogens (tertiary/aromatic N) is 1. The number of esters is 2. The first kappa shape index (κ1) is 20.9. The van der Waals surface area contributed by atoms with Crippen molar-refractivity contribution in [2.45, 2.75) is 33.6 Å². The molecule has 152 valence electrons. The molecule has 5 nitrogen and oxygen atoms in total. The molecule has 29 heavy (non-hydrogen) atoms. The van der Waals surface area contributed by atoms with Crippen LogP contribution in [0.1, 0.15) is 35.1 Å². The van der Waals surface area contributed by atoms with E-state index < -0.39 is 17.9 Å². The Morgan fingerprint density at radius 2 is 1.45 bits per heavy atom. The number of benzene rings is 1. The van der Waals surface area contributed by atoms with Crippen LogP contribution in [0.2, 0.25) is 0 Å². The summed E-state index contributed by atoms with van der Waals surface area (Å²) in [6.07, 6.45) is 3.51. The number of rotatable bonds is 6. The highest BCUT2D eigenvalue weighted by atomic mass is 32.1. The lowest BCUT2D eigenvalue weighted by atomic mass is 9.87. The van der Waals surface area contributed by atoms with Crippen LogP contribution in [-0.2, 0) is 19.1 Å². The van der Waals surface area contributed by atoms with Gasteiger partial charge in [-0.25, -0.2) is 9.59 Å². The second-order valence-electron chi connectivity index (χ2n) is 6.73. The van der Waals surface area contributed by atoms with Gasteiger partial charge in [0.05, 0.1) is 30.3 Å². The molecule has 3 rings (SSSR count). The highest BCUT2D eigenvalue weighted by Gasteiger charge is 2.36. The molecule has 0 N–H and O–H groups in total. The van der Waals surface area contributed by atoms with Crippen molar-refractivity contribution in [2.75, 3.05) is 18.1 Å². The summed E-state index contributed by atoms with van der Waals surface area (Å²) in [5.74, 6) is -1.39. The zero-order chi connectivity index (χ0) is 21.0. The Morgan fingerprint density at radius 3 is 1.90 bits per heavy atom. The van der Waals surface area contributed by atoms with E-state index in [1.54, 1.807) is 42.5 Å². The van der Waals surface area contributed by atoms with Crippen molar-refractivity contribution in [3.8, 4) is 0 Å². The monoisotopic (exact) mass is 411 g/mol. The summed E-state index contributed by atoms with van der Waals surface area (Å²) in [7, 11) is 0. The fraction of sp³-hybridized carbons (Fsp3) is 0.304. The quantitative estimate of drug-likeness (QED) is 0.635. The van der Waals surface area contributed by atoms with Crippen molar-refractivity contribution in [1.29, 1.82) is 0 Å². The molecule has 2 heterocycles. The number of carbonyl (C=O) groups is 2. The van der Waals surface area contributed by atoms with Crippen molar-refractivity contribution in [3.63, 3.8) is 0 Å². The first-order chi connectivity index (χ1) is 13.9. The van der Waals surface area contributed by atoms with Gasteiger partial charge in [0.1, 0.15) is 0 Å². The fourth-order valence-corrected chi connectivity index (χ4v) is 4.22. The predicted octanol–water partition coefficient (Wildman–Crippen LogP) is 4.86. The highest BCUT2D eigenvalue weighted by molar-refractivity contribution is 7.12. The summed E-state index contributed by atoms with van der Waals surface area (Å²) in [5, 5.41) is 0. The molecule has 0 amide bonds. The van der Waals surface area contributed by atoms with Crippen LogP contribution in [0.25, 0.3) is 0 Å². The Morgan fingerprint density at radius 1 is 0.897 bits per heavy atom. The van der Waals surface area contributed by atoms with Crippen LogP contribution in [0.15, 0.2) is 59.9 Å². The van der Waals surface area contributed by atoms with Gasteiger partial charge in [-0.3, -0.25) is 0 Å². The van der Waals surface area contributed by atoms with Crippen LogP contribution in [0.3, 0.4) is 0 Å². The molecule has 1 aliphatic heterocycles. The van der Waals surface area contributed by atoms with Crippen molar-refractivity contribution < 1.29 is 19.1 Å². The third-order valence-electron chi connectivity index (χ3n) is 4.58. The summed E-state index contributed by atoms with van der Waals surface area (Å²) >= 11 is 1.56. The fourth-order valence-electron chi connectivity index (χ4n) is 3.20. The second-order valence-corrected chi connectivity index (χ2v) is 8.05. The molecule has 0 atom stereocenters. The van der Waals surface area contributed by atoms with Gasteiger partial charge in [0, 0.05) is 27.8 Å². The van der Waals surface area contributed by atoms with Crippen LogP contribution in [-0.4, -0.2) is 25.2 Å². The maximum Gasteiger partial charge on any atom is 0.336 e. The molecule has 0 saturated carbocycles. The van der Waals surface area contributed by atoms with Gasteiger partial charge in [-0.2, -0.15) is 0 Å². The third kappa shape index (κ3) is 4.59. The minimum absolute atomic E-state index is 0.259. The molecule has 0 radical (unpaired) electrons. The Hall–Kier alpha value is -2.86. The van der Waals surface area contributed by atoms with E-state index in [1.807, 2.05) is 50.2 Å². The number of hydrogen-bond donors (Lipinski definition) is 0. The average Bonchev–Trinajstić information content (AvgIpc) is 3.14. The Labute approximate surface area is 175 Å². The van der Waals surface area contributed by atoms with Gasteiger partial charge < -0.3 is 14.4 Å². The number of ether oxygens (including phenoxy) is 2. The number of carbonyl (C=O) groups excluding carboxylic acids is 2. The van der Waals surface area contributed by atoms with E-state index in [2.05, 4.69) is 0 Å². The largest absolute Gasteiger partial charge is 0.463 e. The molecule has 1 aromatic carbocycles. The first-order valence-electron chi connectivity index (χ1n) is 9.63. The van der Waals surface area contributed by atoms with Gasteiger partial charge in [-0.15, -0.1) is 11.3 Å². The summed E-state index contributed by atoms with van der Waals surface area (Å²) in [5.41, 5.74) is 2.81. The molecular weight excluding hydrogens is 386 g/mol. The lowest BCUT2D eigenvalue weighted by molar-refractivity contribution is -0.139. The topological polar surface area (TPSA) is 55.8 Å². The molecule has 0 aliphatic carbocycles. The minimum Gasteiger partial charge on any atom is -0.463 e. The van der Waals surface area contributed by atoms with Crippen molar-refractivity contribution in [2.24, 2.45) is 0 Å². The summed E-state index contributed by atoms with van der Waals surface area (Å²) in [4.78, 5) is 29.5. The highest BCUT2D eigenvalue weighted by Crippen LogP contribution is 2.41. The van der Waals surface area contributed by atoms with Crippen molar-refractivity contribution >= 4 is 29.0 Å². The molecule has 0 bridgehead atoms. The molecule has 1 aromatic heterocycles. The number of aryl methyl sites for hydroxylation is 2. The molecule has 0 unspecified atom stereocenters. The number of thiophene rings is 1. The molecule has 0 spiro atoms. The normalized spacial score (nSPS) is 14.3. The maximum atomic E-state index is 12.9. The van der Waals surface area contributed by atoms with E-state index in [0.717, 1.165) is 21.0 Å². The average molecular weight is 412 g/mol. The lowest BCUT2D eigenvalue weighted by Crippen LogP contribution is -2.29. The third-order valence-corrected chi connectivity index (χ3v) is 5.64. The van der Waals surface area contributed by atoms with Crippen LogP contribution in [0.5, 0.6) is 0 Å². The van der Waals surface area contributed by atoms with E-state index in [1.165, 1.54) is 0 Å². The van der Waals surface area contributed by atoms with E-state index in [-0.39, 0.29) is 13.2 Å². The molecule has 1 aliphatic rings. The molecule has 0 fully saturated rings. The second kappa shape index (κ2) is 9.09. The number of hydrogen-bond acceptors (Lipinski definition) is 6. The van der Waals surface area contributed by atoms with E-state index >= 15 is 0 Å². The molecule has 6 heteroatoms. The van der Waals surface area contributed by atoms with Gasteiger partial charge in [-0.05, 0) is 52.0 Å². The maximum absolute atomic E-state index is 12.9. The number of anilines is 1. The van der Waals surface area contributed by atoms with Gasteiger partial charge in [0.15, 0.2) is 0 Å². The first-order valence-corrected chi connectivity index (χ1v) is 10.4. The zero-order valence-electron chi connectivity index (χ0n) is 17.1. The molecule has 0 saturated heterocycles. The van der Waals surface area contributed by atoms with E-state index in [0.29, 0.717) is 11.1 Å². The van der Waals surface area contributed by atoms with Crippen molar-refractivity contribution in [1.82, 2.24) is 0 Å².